The smallest absolute Gasteiger partial charge is 0.303 e. The number of fused-ring (bicyclic) bond motifs is 2. The first-order chi connectivity index (χ1) is 11.0. The Labute approximate surface area is 136 Å². The van der Waals surface area contributed by atoms with Crippen molar-refractivity contribution in [1.82, 2.24) is 14.5 Å². The molecule has 1 aliphatic rings. The molecule has 1 aliphatic heterocycles. The monoisotopic (exact) mass is 315 g/mol. The molecule has 1 aromatic heterocycles. The summed E-state index contributed by atoms with van der Waals surface area (Å²) in [5, 5.41) is 8.70. The third-order valence-corrected chi connectivity index (χ3v) is 4.66. The number of carbonyl (C=O) groups is 1. The number of aryl methyl sites for hydroxylation is 1. The fraction of sp³-hybridized carbons (Fsp3) is 0.556. The van der Waals surface area contributed by atoms with Crippen LogP contribution in [0.5, 0.6) is 0 Å². The average molecular weight is 315 g/mol. The highest BCUT2D eigenvalue weighted by atomic mass is 16.4. The van der Waals surface area contributed by atoms with Gasteiger partial charge in [0.2, 0.25) is 0 Å². The van der Waals surface area contributed by atoms with E-state index in [1.54, 1.807) is 0 Å². The molecule has 0 atom stereocenters. The Morgan fingerprint density at radius 3 is 2.61 bits per heavy atom. The van der Waals surface area contributed by atoms with Gasteiger partial charge in [-0.05, 0) is 42.6 Å². The number of nitrogens with zero attached hydrogens (tertiary/aromatic N) is 3. The van der Waals surface area contributed by atoms with E-state index in [9.17, 15) is 4.79 Å². The van der Waals surface area contributed by atoms with Crippen molar-refractivity contribution in [1.29, 1.82) is 0 Å². The van der Waals surface area contributed by atoms with Crippen molar-refractivity contribution in [2.45, 2.75) is 52.1 Å². The molecule has 2 heterocycles. The quantitative estimate of drug-likeness (QED) is 0.831. The second-order valence-corrected chi connectivity index (χ2v) is 6.85. The highest BCUT2D eigenvalue weighted by molar-refractivity contribution is 5.78. The maximum absolute atomic E-state index is 10.6. The molecule has 0 amide bonds. The molecule has 0 aliphatic carbocycles. The van der Waals surface area contributed by atoms with Gasteiger partial charge in [-0.3, -0.25) is 9.69 Å². The van der Waals surface area contributed by atoms with Crippen LogP contribution in [0.25, 0.3) is 11.0 Å². The van der Waals surface area contributed by atoms with Gasteiger partial charge in [-0.2, -0.15) is 0 Å². The fourth-order valence-electron chi connectivity index (χ4n) is 3.46. The Morgan fingerprint density at radius 2 is 1.96 bits per heavy atom. The molecule has 1 N–H and O–H groups in total. The predicted molar refractivity (Wildman–Crippen MR) is 90.4 cm³/mol. The summed E-state index contributed by atoms with van der Waals surface area (Å²) < 4.78 is 2.20. The van der Waals surface area contributed by atoms with Crippen LogP contribution in [-0.2, 0) is 24.9 Å². The SMILES string of the molecule is CC(C)c1nc2cc3c(cc2n1C)CN(CCCCC(=O)O)C3. The molecule has 0 bridgehead atoms. The number of aromatic nitrogens is 2. The lowest BCUT2D eigenvalue weighted by Crippen LogP contribution is -2.17. The van der Waals surface area contributed by atoms with Crippen molar-refractivity contribution in [3.63, 3.8) is 0 Å². The van der Waals surface area contributed by atoms with E-state index in [1.807, 2.05) is 0 Å². The van der Waals surface area contributed by atoms with Crippen LogP contribution >= 0.6 is 0 Å². The molecule has 0 spiro atoms. The molecule has 2 aromatic rings. The van der Waals surface area contributed by atoms with Gasteiger partial charge in [-0.1, -0.05) is 13.8 Å². The molecule has 1 aromatic carbocycles. The van der Waals surface area contributed by atoms with Gasteiger partial charge in [0.15, 0.2) is 0 Å². The van der Waals surface area contributed by atoms with Crippen LogP contribution < -0.4 is 0 Å². The van der Waals surface area contributed by atoms with E-state index in [1.165, 1.54) is 16.6 Å². The lowest BCUT2D eigenvalue weighted by Gasteiger charge is -2.13. The van der Waals surface area contributed by atoms with E-state index in [2.05, 4.69) is 42.5 Å². The van der Waals surface area contributed by atoms with Crippen LogP contribution in [0.2, 0.25) is 0 Å². The second kappa shape index (κ2) is 6.32. The zero-order valence-corrected chi connectivity index (χ0v) is 14.2. The van der Waals surface area contributed by atoms with Gasteiger partial charge in [0.1, 0.15) is 5.82 Å². The average Bonchev–Trinajstić information content (AvgIpc) is 3.02. The van der Waals surface area contributed by atoms with Gasteiger partial charge in [0.25, 0.3) is 0 Å². The van der Waals surface area contributed by atoms with Crippen LogP contribution in [0, 0.1) is 0 Å². The zero-order chi connectivity index (χ0) is 16.6. The number of unbranched alkanes of at least 4 members (excludes halogenated alkanes) is 1. The van der Waals surface area contributed by atoms with Crippen molar-refractivity contribution < 1.29 is 9.90 Å². The summed E-state index contributed by atoms with van der Waals surface area (Å²) in [5.74, 6) is 0.857. The minimum Gasteiger partial charge on any atom is -0.481 e. The number of imidazole rings is 1. The topological polar surface area (TPSA) is 58.4 Å². The Bertz CT molecular complexity index is 733. The molecule has 0 radical (unpaired) electrons. The summed E-state index contributed by atoms with van der Waals surface area (Å²) in [6.07, 6.45) is 1.96. The van der Waals surface area contributed by atoms with Crippen molar-refractivity contribution in [2.24, 2.45) is 7.05 Å². The first kappa shape index (κ1) is 16.0. The van der Waals surface area contributed by atoms with Gasteiger partial charge in [0, 0.05) is 32.5 Å². The first-order valence-electron chi connectivity index (χ1n) is 8.38. The molecule has 23 heavy (non-hydrogen) atoms. The summed E-state index contributed by atoms with van der Waals surface area (Å²) in [5.41, 5.74) is 5.04. The summed E-state index contributed by atoms with van der Waals surface area (Å²) in [6.45, 7) is 7.22. The summed E-state index contributed by atoms with van der Waals surface area (Å²) in [7, 11) is 2.09. The number of hydrogen-bond acceptors (Lipinski definition) is 3. The van der Waals surface area contributed by atoms with E-state index in [0.717, 1.165) is 43.8 Å². The maximum Gasteiger partial charge on any atom is 0.303 e. The lowest BCUT2D eigenvalue weighted by molar-refractivity contribution is -0.137. The largest absolute Gasteiger partial charge is 0.481 e. The lowest BCUT2D eigenvalue weighted by atomic mass is 10.1. The van der Waals surface area contributed by atoms with E-state index < -0.39 is 5.97 Å². The molecule has 5 nitrogen and oxygen atoms in total. The number of aliphatic carboxylic acids is 1. The number of carboxylic acids is 1. The Morgan fingerprint density at radius 1 is 1.26 bits per heavy atom. The molecule has 0 saturated heterocycles. The summed E-state index contributed by atoms with van der Waals surface area (Å²) in [6, 6.07) is 4.51. The van der Waals surface area contributed by atoms with Gasteiger partial charge >= 0.3 is 5.97 Å². The van der Waals surface area contributed by atoms with Gasteiger partial charge in [0.05, 0.1) is 11.0 Å². The maximum atomic E-state index is 10.6. The van der Waals surface area contributed by atoms with Crippen LogP contribution in [0.3, 0.4) is 0 Å². The minimum absolute atomic E-state index is 0.270. The number of hydrogen-bond donors (Lipinski definition) is 1. The van der Waals surface area contributed by atoms with Crippen molar-refractivity contribution in [2.75, 3.05) is 6.54 Å². The molecular formula is C18H25N3O2. The number of benzene rings is 1. The molecule has 5 heteroatoms. The van der Waals surface area contributed by atoms with E-state index in [0.29, 0.717) is 5.92 Å². The van der Waals surface area contributed by atoms with Gasteiger partial charge < -0.3 is 9.67 Å². The highest BCUT2D eigenvalue weighted by Gasteiger charge is 2.21. The van der Waals surface area contributed by atoms with Crippen LogP contribution in [0.1, 0.15) is 56.0 Å². The number of carboxylic acid groups (broad SMARTS) is 1. The fourth-order valence-corrected chi connectivity index (χ4v) is 3.46. The van der Waals surface area contributed by atoms with E-state index >= 15 is 0 Å². The molecular weight excluding hydrogens is 290 g/mol. The van der Waals surface area contributed by atoms with E-state index in [-0.39, 0.29) is 6.42 Å². The van der Waals surface area contributed by atoms with Crippen LogP contribution in [0.15, 0.2) is 12.1 Å². The highest BCUT2D eigenvalue weighted by Crippen LogP contribution is 2.29. The Balaban J connectivity index is 1.71. The van der Waals surface area contributed by atoms with Crippen molar-refractivity contribution in [3.05, 3.63) is 29.1 Å². The van der Waals surface area contributed by atoms with Crippen molar-refractivity contribution >= 4 is 17.0 Å². The molecule has 124 valence electrons. The first-order valence-corrected chi connectivity index (χ1v) is 8.38. The van der Waals surface area contributed by atoms with Crippen LogP contribution in [0.4, 0.5) is 0 Å². The van der Waals surface area contributed by atoms with Gasteiger partial charge in [-0.15, -0.1) is 0 Å². The normalized spacial score (nSPS) is 14.8. The third-order valence-electron chi connectivity index (χ3n) is 4.66. The molecule has 0 unspecified atom stereocenters. The summed E-state index contributed by atoms with van der Waals surface area (Å²) in [4.78, 5) is 17.7. The molecule has 3 rings (SSSR count). The molecule has 0 saturated carbocycles. The third kappa shape index (κ3) is 3.24. The van der Waals surface area contributed by atoms with Gasteiger partial charge in [-0.25, -0.2) is 4.98 Å². The van der Waals surface area contributed by atoms with Crippen LogP contribution in [-0.4, -0.2) is 32.1 Å². The van der Waals surface area contributed by atoms with Crippen molar-refractivity contribution in [3.8, 4) is 0 Å². The second-order valence-electron chi connectivity index (χ2n) is 6.85. The Hall–Kier alpha value is -1.88. The van der Waals surface area contributed by atoms with E-state index in [4.69, 9.17) is 10.1 Å². The predicted octanol–water partition coefficient (Wildman–Crippen LogP) is 3.27. The molecule has 0 fully saturated rings. The minimum atomic E-state index is -0.701. The number of rotatable bonds is 6. The zero-order valence-electron chi connectivity index (χ0n) is 14.2. The summed E-state index contributed by atoms with van der Waals surface area (Å²) >= 11 is 0. The standard InChI is InChI=1S/C18H25N3O2/c1-12(2)18-19-15-8-13-10-21(7-5-4-6-17(22)23)11-14(13)9-16(15)20(18)3/h8-9,12H,4-7,10-11H2,1-3H3,(H,22,23). The Kier molecular flexibility index (Phi) is 4.39.